The van der Waals surface area contributed by atoms with Gasteiger partial charge in [-0.15, -0.1) is 0 Å². The highest BCUT2D eigenvalue weighted by Gasteiger charge is 2.19. The summed E-state index contributed by atoms with van der Waals surface area (Å²) in [5, 5.41) is 2.63. The lowest BCUT2D eigenvalue weighted by Gasteiger charge is -2.09. The zero-order valence-electron chi connectivity index (χ0n) is 10.6. The molecule has 1 aromatic rings. The number of carbonyl (C=O) groups excluding carboxylic acids is 1. The van der Waals surface area contributed by atoms with E-state index in [9.17, 15) is 13.2 Å². The van der Waals surface area contributed by atoms with E-state index in [2.05, 4.69) is 11.9 Å². The van der Waals surface area contributed by atoms with E-state index in [4.69, 9.17) is 0 Å². The van der Waals surface area contributed by atoms with Crippen molar-refractivity contribution in [1.29, 1.82) is 0 Å². The molecule has 0 spiro atoms. The smallest absolute Gasteiger partial charge is 0.252 e. The van der Waals surface area contributed by atoms with Gasteiger partial charge in [-0.25, -0.2) is 8.42 Å². The number of hydrogen-bond donors (Lipinski definition) is 1. The van der Waals surface area contributed by atoms with Gasteiger partial charge in [-0.05, 0) is 19.1 Å². The van der Waals surface area contributed by atoms with E-state index in [0.29, 0.717) is 6.54 Å². The van der Waals surface area contributed by atoms with Crippen molar-refractivity contribution in [1.82, 2.24) is 5.32 Å². The van der Waals surface area contributed by atoms with Crippen LogP contribution in [0, 0.1) is 0 Å². The lowest BCUT2D eigenvalue weighted by molar-refractivity contribution is 0.0953. The highest BCUT2D eigenvalue weighted by Crippen LogP contribution is 2.16. The third kappa shape index (κ3) is 3.43. The van der Waals surface area contributed by atoms with Crippen LogP contribution in [0.25, 0.3) is 0 Å². The van der Waals surface area contributed by atoms with E-state index in [-0.39, 0.29) is 16.2 Å². The second kappa shape index (κ2) is 5.82. The summed E-state index contributed by atoms with van der Waals surface area (Å²) in [5.41, 5.74) is 0.986. The van der Waals surface area contributed by atoms with Gasteiger partial charge in [0, 0.05) is 6.54 Å². The Morgan fingerprint density at radius 3 is 2.50 bits per heavy atom. The lowest BCUT2D eigenvalue weighted by Crippen LogP contribution is -2.26. The Morgan fingerprint density at radius 1 is 1.33 bits per heavy atom. The van der Waals surface area contributed by atoms with Crippen molar-refractivity contribution in [3.8, 4) is 0 Å². The summed E-state index contributed by atoms with van der Waals surface area (Å²) in [7, 11) is -3.40. The maximum Gasteiger partial charge on any atom is 0.252 e. The van der Waals surface area contributed by atoms with Crippen molar-refractivity contribution in [2.45, 2.75) is 18.7 Å². The second-order valence-electron chi connectivity index (χ2n) is 4.04. The molecule has 0 bridgehead atoms. The average molecular weight is 267 g/mol. The molecule has 1 amide bonds. The number of carbonyl (C=O) groups is 1. The van der Waals surface area contributed by atoms with E-state index in [1.54, 1.807) is 26.0 Å². The lowest BCUT2D eigenvalue weighted by atomic mass is 10.2. The third-order valence-electron chi connectivity index (χ3n) is 2.40. The van der Waals surface area contributed by atoms with E-state index in [1.807, 2.05) is 0 Å². The Bertz CT molecular complexity index is 561. The summed E-state index contributed by atoms with van der Waals surface area (Å²) >= 11 is 0. The molecule has 0 aliphatic rings. The molecule has 0 saturated heterocycles. The molecular weight excluding hydrogens is 250 g/mol. The maximum absolute atomic E-state index is 11.9. The molecule has 98 valence electrons. The fourth-order valence-electron chi connectivity index (χ4n) is 1.41. The van der Waals surface area contributed by atoms with Crippen LogP contribution >= 0.6 is 0 Å². The predicted molar refractivity (Wildman–Crippen MR) is 71.3 cm³/mol. The first-order valence-electron chi connectivity index (χ1n) is 5.63. The highest BCUT2D eigenvalue weighted by molar-refractivity contribution is 7.91. The molecule has 0 unspecified atom stereocenters. The summed E-state index contributed by atoms with van der Waals surface area (Å²) < 4.78 is 23.7. The molecule has 0 fully saturated rings. The number of hydrogen-bond acceptors (Lipinski definition) is 3. The van der Waals surface area contributed by atoms with Crippen LogP contribution in [-0.4, -0.2) is 26.6 Å². The Kier molecular flexibility index (Phi) is 4.67. The predicted octanol–water partition coefficient (Wildman–Crippen LogP) is 1.79. The minimum absolute atomic E-state index is 0.0300. The van der Waals surface area contributed by atoms with Crippen molar-refractivity contribution in [3.63, 3.8) is 0 Å². The number of nitrogens with one attached hydrogen (secondary N) is 1. The van der Waals surface area contributed by atoms with Crippen LogP contribution in [0.5, 0.6) is 0 Å². The quantitative estimate of drug-likeness (QED) is 0.827. The molecule has 1 rings (SSSR count). The molecular formula is C13H17NO3S. The highest BCUT2D eigenvalue weighted by atomic mass is 32.2. The number of benzene rings is 1. The van der Waals surface area contributed by atoms with Gasteiger partial charge < -0.3 is 5.32 Å². The molecule has 0 aliphatic carbocycles. The van der Waals surface area contributed by atoms with Gasteiger partial charge in [0.1, 0.15) is 0 Å². The fraction of sp³-hybridized carbons (Fsp3) is 0.308. The first-order valence-corrected chi connectivity index (χ1v) is 7.28. The van der Waals surface area contributed by atoms with Crippen molar-refractivity contribution in [2.75, 3.05) is 12.3 Å². The van der Waals surface area contributed by atoms with Crippen LogP contribution in [0.15, 0.2) is 41.3 Å². The van der Waals surface area contributed by atoms with Crippen LogP contribution in [-0.2, 0) is 9.84 Å². The third-order valence-corrected chi connectivity index (χ3v) is 4.18. The zero-order valence-corrected chi connectivity index (χ0v) is 11.4. The molecule has 0 atom stereocenters. The summed E-state index contributed by atoms with van der Waals surface area (Å²) in [4.78, 5) is 12.0. The second-order valence-corrected chi connectivity index (χ2v) is 6.29. The monoisotopic (exact) mass is 267 g/mol. The topological polar surface area (TPSA) is 63.2 Å². The van der Waals surface area contributed by atoms with Crippen LogP contribution < -0.4 is 5.32 Å². The first-order chi connectivity index (χ1) is 8.38. The van der Waals surface area contributed by atoms with Gasteiger partial charge in [0.2, 0.25) is 0 Å². The van der Waals surface area contributed by atoms with E-state index >= 15 is 0 Å². The summed E-state index contributed by atoms with van der Waals surface area (Å²) in [6.07, 6.45) is 0. The van der Waals surface area contributed by atoms with Crippen molar-refractivity contribution in [3.05, 3.63) is 42.0 Å². The molecule has 0 saturated carbocycles. The molecule has 18 heavy (non-hydrogen) atoms. The van der Waals surface area contributed by atoms with Crippen molar-refractivity contribution < 1.29 is 13.2 Å². The van der Waals surface area contributed by atoms with Crippen molar-refractivity contribution >= 4 is 15.7 Å². The Balaban J connectivity index is 3.10. The number of sulfone groups is 1. The molecule has 0 heterocycles. The minimum Gasteiger partial charge on any atom is -0.348 e. The Hall–Kier alpha value is -1.62. The minimum atomic E-state index is -3.40. The summed E-state index contributed by atoms with van der Waals surface area (Å²) in [6, 6.07) is 6.22. The van der Waals surface area contributed by atoms with Crippen LogP contribution in [0.1, 0.15) is 24.2 Å². The number of rotatable bonds is 5. The molecule has 4 nitrogen and oxygen atoms in total. The largest absolute Gasteiger partial charge is 0.348 e. The van der Waals surface area contributed by atoms with E-state index < -0.39 is 15.7 Å². The normalized spacial score (nSPS) is 11.0. The van der Waals surface area contributed by atoms with Gasteiger partial charge in [-0.3, -0.25) is 4.79 Å². The van der Waals surface area contributed by atoms with Gasteiger partial charge >= 0.3 is 0 Å². The SMILES string of the molecule is C=C(C)CNC(=O)c1ccccc1S(=O)(=O)CC. The molecule has 5 heteroatoms. The van der Waals surface area contributed by atoms with E-state index in [1.165, 1.54) is 12.1 Å². The molecule has 1 N–H and O–H groups in total. The standard InChI is InChI=1S/C13H17NO3S/c1-4-18(16,17)12-8-6-5-7-11(12)13(15)14-9-10(2)3/h5-8H,2,4,9H2,1,3H3,(H,14,15). The zero-order chi connectivity index (χ0) is 13.8. The van der Waals surface area contributed by atoms with Gasteiger partial charge in [0.25, 0.3) is 5.91 Å². The number of amides is 1. The molecule has 0 aromatic heterocycles. The molecule has 0 radical (unpaired) electrons. The maximum atomic E-state index is 11.9. The van der Waals surface area contributed by atoms with Gasteiger partial charge in [-0.2, -0.15) is 0 Å². The first kappa shape index (κ1) is 14.4. The summed E-state index contributed by atoms with van der Waals surface area (Å²) in [6.45, 7) is 7.35. The Morgan fingerprint density at radius 2 is 1.94 bits per heavy atom. The van der Waals surface area contributed by atoms with Crippen LogP contribution in [0.3, 0.4) is 0 Å². The van der Waals surface area contributed by atoms with E-state index in [0.717, 1.165) is 5.57 Å². The molecule has 1 aromatic carbocycles. The van der Waals surface area contributed by atoms with Gasteiger partial charge in [0.05, 0.1) is 16.2 Å². The van der Waals surface area contributed by atoms with Crippen LogP contribution in [0.4, 0.5) is 0 Å². The average Bonchev–Trinajstić information content (AvgIpc) is 2.36. The van der Waals surface area contributed by atoms with Crippen molar-refractivity contribution in [2.24, 2.45) is 0 Å². The van der Waals surface area contributed by atoms with Gasteiger partial charge in [-0.1, -0.05) is 31.2 Å². The Labute approximate surface area is 108 Å². The van der Waals surface area contributed by atoms with Gasteiger partial charge in [0.15, 0.2) is 9.84 Å². The molecule has 0 aliphatic heterocycles. The van der Waals surface area contributed by atoms with Crippen LogP contribution in [0.2, 0.25) is 0 Å². The fourth-order valence-corrected chi connectivity index (χ4v) is 2.50. The summed E-state index contributed by atoms with van der Waals surface area (Å²) in [5.74, 6) is -0.428.